The number of aromatic nitrogens is 3. The molecule has 0 aliphatic rings. The van der Waals surface area contributed by atoms with E-state index in [-0.39, 0.29) is 49.6 Å². The molecule has 2 aromatic carbocycles. The zero-order valence-electron chi connectivity index (χ0n) is 20.1. The summed E-state index contributed by atoms with van der Waals surface area (Å²) in [5, 5.41) is 31.2. The van der Waals surface area contributed by atoms with E-state index in [1.165, 1.54) is 42.6 Å². The van der Waals surface area contributed by atoms with Gasteiger partial charge in [0.25, 0.3) is 11.6 Å². The third kappa shape index (κ3) is 5.66. The van der Waals surface area contributed by atoms with Gasteiger partial charge >= 0.3 is 6.18 Å². The number of rotatable bonds is 7. The Morgan fingerprint density at radius 2 is 1.87 bits per heavy atom. The van der Waals surface area contributed by atoms with E-state index in [2.05, 4.69) is 20.7 Å². The maximum absolute atomic E-state index is 13.5. The number of nitrogens with zero attached hydrogens (tertiary/aromatic N) is 4. The fraction of sp³-hybridized carbons (Fsp3) is 0.208. The van der Waals surface area contributed by atoms with Gasteiger partial charge in [0.15, 0.2) is 11.5 Å². The predicted octanol–water partition coefficient (Wildman–Crippen LogP) is 5.90. The van der Waals surface area contributed by atoms with Gasteiger partial charge in [0.2, 0.25) is 0 Å². The second kappa shape index (κ2) is 10.8. The van der Waals surface area contributed by atoms with Gasteiger partial charge in [-0.2, -0.15) is 18.3 Å². The maximum atomic E-state index is 13.5. The Hall–Kier alpha value is -3.78. The normalized spacial score (nSPS) is 12.6. The molecular weight excluding hydrogens is 564 g/mol. The topological polar surface area (TPSA) is 135 Å². The molecule has 15 heteroatoms. The van der Waals surface area contributed by atoms with Gasteiger partial charge in [0.05, 0.1) is 26.0 Å². The molecule has 2 aromatic heterocycles. The molecule has 0 spiro atoms. The number of nitrogens with one attached hydrogen (secondary N) is 2. The zero-order chi connectivity index (χ0) is 28.6. The molecule has 0 saturated heterocycles. The van der Waals surface area contributed by atoms with Crippen LogP contribution in [0.4, 0.5) is 24.5 Å². The lowest BCUT2D eigenvalue weighted by molar-refractivity contribution is -0.383. The molecule has 4 aromatic rings. The number of aliphatic hydroxyl groups excluding tert-OH is 1. The maximum Gasteiger partial charge on any atom is 0.435 e. The number of non-ortho nitro benzene ring substituents is 1. The summed E-state index contributed by atoms with van der Waals surface area (Å²) in [6, 6.07) is 8.43. The van der Waals surface area contributed by atoms with E-state index in [0.717, 1.165) is 0 Å². The number of amides is 1. The van der Waals surface area contributed by atoms with Crippen molar-refractivity contribution in [1.29, 1.82) is 0 Å². The lowest BCUT2D eigenvalue weighted by Gasteiger charge is -2.22. The van der Waals surface area contributed by atoms with Crippen LogP contribution in [0.15, 0.2) is 48.7 Å². The van der Waals surface area contributed by atoms with Crippen LogP contribution >= 0.6 is 23.2 Å². The van der Waals surface area contributed by atoms with Crippen molar-refractivity contribution in [3.05, 3.63) is 85.8 Å². The number of pyridine rings is 1. The molecule has 2 heterocycles. The number of alkyl halides is 3. The lowest BCUT2D eigenvalue weighted by atomic mass is 10.0. The first-order valence-electron chi connectivity index (χ1n) is 11.2. The summed E-state index contributed by atoms with van der Waals surface area (Å²) in [7, 11) is 0. The molecule has 3 N–H and O–H groups in total. The summed E-state index contributed by atoms with van der Waals surface area (Å²) in [6.07, 6.45) is -5.11. The highest BCUT2D eigenvalue weighted by Crippen LogP contribution is 2.41. The minimum absolute atomic E-state index is 0.0539. The highest BCUT2D eigenvalue weighted by molar-refractivity contribution is 6.39. The standard InChI is InChI=1S/C24H19Cl2F3N6O4/c1-11(2)31-22(36)14-9-13-12(5-3-7-16(13)35(38)39)19(26)20(14)32-23(37)17-10-18(24(27,28)29)33-34(17)21-15(25)6-4-8-30-21/h3-11,22,31,36H,1-2H3,(H,32,37). The van der Waals surface area contributed by atoms with Crippen molar-refractivity contribution in [2.45, 2.75) is 32.3 Å². The Kier molecular flexibility index (Phi) is 7.80. The Bertz CT molecular complexity index is 1590. The molecule has 1 atom stereocenters. The van der Waals surface area contributed by atoms with Gasteiger partial charge in [-0.25, -0.2) is 9.67 Å². The van der Waals surface area contributed by atoms with E-state index in [1.54, 1.807) is 13.8 Å². The van der Waals surface area contributed by atoms with Crippen molar-refractivity contribution in [3.8, 4) is 5.82 Å². The number of anilines is 1. The molecule has 39 heavy (non-hydrogen) atoms. The van der Waals surface area contributed by atoms with Crippen molar-refractivity contribution < 1.29 is 28.0 Å². The summed E-state index contributed by atoms with van der Waals surface area (Å²) in [6.45, 7) is 3.45. The lowest BCUT2D eigenvalue weighted by Crippen LogP contribution is -2.29. The molecular formula is C24H19Cl2F3N6O4. The number of carbonyl (C=O) groups is 1. The Labute approximate surface area is 228 Å². The van der Waals surface area contributed by atoms with Gasteiger partial charge in [-0.1, -0.05) is 35.3 Å². The van der Waals surface area contributed by atoms with Crippen LogP contribution in [0.1, 0.15) is 41.8 Å². The number of nitro groups is 1. The minimum Gasteiger partial charge on any atom is -0.374 e. The van der Waals surface area contributed by atoms with Crippen molar-refractivity contribution >= 4 is 51.3 Å². The molecule has 4 rings (SSSR count). The SMILES string of the molecule is CC(C)NC(O)c1cc2c([N+](=O)[O-])cccc2c(Cl)c1NC(=O)c1cc(C(F)(F)F)nn1-c1ncccc1Cl. The van der Waals surface area contributed by atoms with E-state index in [4.69, 9.17) is 23.2 Å². The van der Waals surface area contributed by atoms with Crippen molar-refractivity contribution in [3.63, 3.8) is 0 Å². The fourth-order valence-corrected chi connectivity index (χ4v) is 4.37. The number of fused-ring (bicyclic) bond motifs is 1. The van der Waals surface area contributed by atoms with Gasteiger partial charge in [0.1, 0.15) is 11.9 Å². The first kappa shape index (κ1) is 28.2. The van der Waals surface area contributed by atoms with Gasteiger partial charge in [-0.3, -0.25) is 20.2 Å². The highest BCUT2D eigenvalue weighted by atomic mass is 35.5. The van der Waals surface area contributed by atoms with Crippen LogP contribution in [0, 0.1) is 10.1 Å². The molecule has 1 unspecified atom stereocenters. The van der Waals surface area contributed by atoms with Crippen molar-refractivity contribution in [1.82, 2.24) is 20.1 Å². The van der Waals surface area contributed by atoms with Gasteiger partial charge in [0, 0.05) is 35.3 Å². The molecule has 0 fully saturated rings. The van der Waals surface area contributed by atoms with Crippen LogP contribution in [-0.2, 0) is 6.18 Å². The van der Waals surface area contributed by atoms with Gasteiger partial charge in [-0.15, -0.1) is 0 Å². The molecule has 10 nitrogen and oxygen atoms in total. The summed E-state index contributed by atoms with van der Waals surface area (Å²) < 4.78 is 41.3. The molecule has 1 amide bonds. The average molecular weight is 583 g/mol. The van der Waals surface area contributed by atoms with Crippen molar-refractivity contribution in [2.75, 3.05) is 5.32 Å². The fourth-order valence-electron chi connectivity index (χ4n) is 3.85. The third-order valence-corrected chi connectivity index (χ3v) is 6.21. The molecule has 0 saturated carbocycles. The first-order chi connectivity index (χ1) is 18.3. The van der Waals surface area contributed by atoms with Crippen LogP contribution in [0.3, 0.4) is 0 Å². The van der Waals surface area contributed by atoms with E-state index in [1.807, 2.05) is 0 Å². The quantitative estimate of drug-likeness (QED) is 0.140. The van der Waals surface area contributed by atoms with Crippen LogP contribution in [0.25, 0.3) is 16.6 Å². The Balaban J connectivity index is 1.90. The monoisotopic (exact) mass is 582 g/mol. The number of nitro benzene ring substituents is 1. The third-order valence-electron chi connectivity index (χ3n) is 5.52. The van der Waals surface area contributed by atoms with Gasteiger partial charge < -0.3 is 10.4 Å². The predicted molar refractivity (Wildman–Crippen MR) is 138 cm³/mol. The number of benzene rings is 2. The average Bonchev–Trinajstić information content (AvgIpc) is 3.31. The highest BCUT2D eigenvalue weighted by Gasteiger charge is 2.37. The second-order valence-corrected chi connectivity index (χ2v) is 9.38. The van der Waals surface area contributed by atoms with Crippen LogP contribution in [0.5, 0.6) is 0 Å². The molecule has 0 aliphatic heterocycles. The summed E-state index contributed by atoms with van der Waals surface area (Å²) in [5.41, 5.74) is -2.50. The van der Waals surface area contributed by atoms with Crippen LogP contribution in [-0.4, -0.2) is 36.7 Å². The molecule has 0 aliphatic carbocycles. The number of carbonyl (C=O) groups excluding carboxylic acids is 1. The molecule has 0 bridgehead atoms. The van der Waals surface area contributed by atoms with Crippen molar-refractivity contribution in [2.24, 2.45) is 0 Å². The number of aliphatic hydroxyl groups is 1. The Morgan fingerprint density at radius 1 is 1.15 bits per heavy atom. The smallest absolute Gasteiger partial charge is 0.374 e. The largest absolute Gasteiger partial charge is 0.435 e. The zero-order valence-corrected chi connectivity index (χ0v) is 21.6. The number of halogens is 5. The minimum atomic E-state index is -4.90. The summed E-state index contributed by atoms with van der Waals surface area (Å²) in [5.74, 6) is -1.33. The van der Waals surface area contributed by atoms with E-state index in [9.17, 15) is 33.2 Å². The molecule has 0 radical (unpaired) electrons. The van der Waals surface area contributed by atoms with Crippen LogP contribution in [0.2, 0.25) is 10.0 Å². The first-order valence-corrected chi connectivity index (χ1v) is 12.0. The van der Waals surface area contributed by atoms with E-state index in [0.29, 0.717) is 10.7 Å². The van der Waals surface area contributed by atoms with Gasteiger partial charge in [-0.05, 0) is 32.0 Å². The Morgan fingerprint density at radius 3 is 2.49 bits per heavy atom. The summed E-state index contributed by atoms with van der Waals surface area (Å²) in [4.78, 5) is 28.4. The second-order valence-electron chi connectivity index (χ2n) is 8.60. The molecule has 204 valence electrons. The number of hydrogen-bond donors (Lipinski definition) is 3. The summed E-state index contributed by atoms with van der Waals surface area (Å²) >= 11 is 12.7. The van der Waals surface area contributed by atoms with Crippen LogP contribution < -0.4 is 10.6 Å². The van der Waals surface area contributed by atoms with E-state index >= 15 is 0 Å². The number of hydrogen-bond acceptors (Lipinski definition) is 7. The van der Waals surface area contributed by atoms with E-state index < -0.39 is 34.6 Å².